The lowest BCUT2D eigenvalue weighted by atomic mass is 9.85. The maximum atomic E-state index is 10.1. The van der Waals surface area contributed by atoms with Crippen LogP contribution in [0.4, 0.5) is 0 Å². The van der Waals surface area contributed by atoms with Gasteiger partial charge in [-0.2, -0.15) is 0 Å². The standard InChI is InChI=1S/C13H13NO2/c15-11-6-4-8-3-5-10-9(2-1-7-14-10)12(8)13(11)16/h1-3,5,7,11,13,15-16H,4,6H2/t11-,13+/m0/s1. The number of hydrogen-bond donors (Lipinski definition) is 2. The Balaban J connectivity index is 2.32. The summed E-state index contributed by atoms with van der Waals surface area (Å²) in [5.41, 5.74) is 2.84. The van der Waals surface area contributed by atoms with E-state index in [0.717, 1.165) is 28.5 Å². The molecule has 1 aromatic heterocycles. The predicted octanol–water partition coefficient (Wildman–Crippen LogP) is 1.58. The smallest absolute Gasteiger partial charge is 0.106 e. The molecule has 0 aliphatic heterocycles. The number of aliphatic hydroxyl groups is 2. The molecule has 82 valence electrons. The number of benzene rings is 1. The Hall–Kier alpha value is -1.45. The average Bonchev–Trinajstić information content (AvgIpc) is 2.33. The van der Waals surface area contributed by atoms with Gasteiger partial charge in [0.05, 0.1) is 11.6 Å². The average molecular weight is 215 g/mol. The van der Waals surface area contributed by atoms with Gasteiger partial charge in [-0.05, 0) is 36.1 Å². The molecule has 0 bridgehead atoms. The number of nitrogens with zero attached hydrogens (tertiary/aromatic N) is 1. The van der Waals surface area contributed by atoms with Gasteiger partial charge in [0.2, 0.25) is 0 Å². The minimum absolute atomic E-state index is 0.625. The van der Waals surface area contributed by atoms with Gasteiger partial charge in [0.15, 0.2) is 0 Å². The maximum absolute atomic E-state index is 10.1. The topological polar surface area (TPSA) is 53.4 Å². The molecule has 3 nitrogen and oxygen atoms in total. The van der Waals surface area contributed by atoms with Gasteiger partial charge in [-0.15, -0.1) is 0 Å². The van der Waals surface area contributed by atoms with E-state index >= 15 is 0 Å². The van der Waals surface area contributed by atoms with Gasteiger partial charge in [0, 0.05) is 11.6 Å². The summed E-state index contributed by atoms with van der Waals surface area (Å²) in [7, 11) is 0. The van der Waals surface area contributed by atoms with Crippen LogP contribution in [0.2, 0.25) is 0 Å². The lowest BCUT2D eigenvalue weighted by Crippen LogP contribution is -2.25. The van der Waals surface area contributed by atoms with Crippen molar-refractivity contribution < 1.29 is 10.2 Å². The van der Waals surface area contributed by atoms with E-state index in [9.17, 15) is 10.2 Å². The number of aromatic nitrogens is 1. The van der Waals surface area contributed by atoms with Crippen LogP contribution in [0.5, 0.6) is 0 Å². The van der Waals surface area contributed by atoms with Crippen molar-refractivity contribution in [3.63, 3.8) is 0 Å². The molecule has 3 rings (SSSR count). The second-order valence-corrected chi connectivity index (χ2v) is 4.26. The molecular formula is C13H13NO2. The molecule has 2 N–H and O–H groups in total. The molecule has 1 aromatic carbocycles. The molecule has 0 fully saturated rings. The lowest BCUT2D eigenvalue weighted by molar-refractivity contribution is 0.00746. The van der Waals surface area contributed by atoms with Crippen LogP contribution in [0.25, 0.3) is 10.9 Å². The van der Waals surface area contributed by atoms with Crippen LogP contribution >= 0.6 is 0 Å². The van der Waals surface area contributed by atoms with E-state index in [-0.39, 0.29) is 0 Å². The molecule has 16 heavy (non-hydrogen) atoms. The first-order chi connectivity index (χ1) is 7.77. The Labute approximate surface area is 93.4 Å². The SMILES string of the molecule is O[C@H]1CCc2ccc3ncccc3c2[C@@H]1O. The molecule has 0 amide bonds. The zero-order valence-electron chi connectivity index (χ0n) is 8.80. The second-order valence-electron chi connectivity index (χ2n) is 4.26. The van der Waals surface area contributed by atoms with Crippen LogP contribution in [0.3, 0.4) is 0 Å². The van der Waals surface area contributed by atoms with E-state index < -0.39 is 12.2 Å². The molecule has 1 aliphatic carbocycles. The van der Waals surface area contributed by atoms with Gasteiger partial charge in [0.25, 0.3) is 0 Å². The third-order valence-corrected chi connectivity index (χ3v) is 3.29. The minimum atomic E-state index is -0.781. The summed E-state index contributed by atoms with van der Waals surface area (Å²) in [5, 5.41) is 20.7. The van der Waals surface area contributed by atoms with E-state index in [1.165, 1.54) is 0 Å². The van der Waals surface area contributed by atoms with Gasteiger partial charge >= 0.3 is 0 Å². The first kappa shape index (κ1) is 9.75. The molecule has 0 spiro atoms. The Bertz CT molecular complexity index is 538. The van der Waals surface area contributed by atoms with Crippen LogP contribution in [0, 0.1) is 0 Å². The zero-order valence-corrected chi connectivity index (χ0v) is 8.80. The summed E-state index contributed by atoms with van der Waals surface area (Å²) in [4.78, 5) is 4.26. The Morgan fingerprint density at radius 2 is 2.06 bits per heavy atom. The van der Waals surface area contributed by atoms with Crippen molar-refractivity contribution in [3.05, 3.63) is 41.6 Å². The second kappa shape index (κ2) is 3.54. The quantitative estimate of drug-likeness (QED) is 0.701. The van der Waals surface area contributed by atoms with Crippen molar-refractivity contribution in [1.82, 2.24) is 4.98 Å². The predicted molar refractivity (Wildman–Crippen MR) is 61.0 cm³/mol. The lowest BCUT2D eigenvalue weighted by Gasteiger charge is -2.27. The van der Waals surface area contributed by atoms with Crippen molar-refractivity contribution in [2.45, 2.75) is 25.0 Å². The summed E-state index contributed by atoms with van der Waals surface area (Å²) in [5.74, 6) is 0. The number of aryl methyl sites for hydroxylation is 1. The number of rotatable bonds is 0. The van der Waals surface area contributed by atoms with Crippen LogP contribution < -0.4 is 0 Å². The summed E-state index contributed by atoms with van der Waals surface area (Å²) in [6, 6.07) is 7.77. The van der Waals surface area contributed by atoms with Crippen LogP contribution in [0.1, 0.15) is 23.7 Å². The van der Waals surface area contributed by atoms with Crippen LogP contribution in [-0.4, -0.2) is 21.3 Å². The molecule has 1 heterocycles. The van der Waals surface area contributed by atoms with Crippen molar-refractivity contribution in [1.29, 1.82) is 0 Å². The van der Waals surface area contributed by atoms with Gasteiger partial charge < -0.3 is 10.2 Å². The number of aliphatic hydroxyl groups excluding tert-OH is 2. The molecule has 0 saturated heterocycles. The molecule has 0 radical (unpaired) electrons. The highest BCUT2D eigenvalue weighted by atomic mass is 16.3. The van der Waals surface area contributed by atoms with E-state index in [1.807, 2.05) is 24.3 Å². The fourth-order valence-corrected chi connectivity index (χ4v) is 2.44. The summed E-state index contributed by atoms with van der Waals surface area (Å²) >= 11 is 0. The van der Waals surface area contributed by atoms with Crippen LogP contribution in [-0.2, 0) is 6.42 Å². The van der Waals surface area contributed by atoms with Crippen molar-refractivity contribution >= 4 is 10.9 Å². The Morgan fingerprint density at radius 1 is 1.19 bits per heavy atom. The minimum Gasteiger partial charge on any atom is -0.390 e. The van der Waals surface area contributed by atoms with E-state index in [0.29, 0.717) is 6.42 Å². The highest BCUT2D eigenvalue weighted by molar-refractivity contribution is 5.84. The largest absolute Gasteiger partial charge is 0.390 e. The van der Waals surface area contributed by atoms with Gasteiger partial charge in [-0.25, -0.2) is 0 Å². The monoisotopic (exact) mass is 215 g/mol. The first-order valence-corrected chi connectivity index (χ1v) is 5.50. The van der Waals surface area contributed by atoms with Gasteiger partial charge in [-0.1, -0.05) is 12.1 Å². The molecule has 0 saturated carbocycles. The summed E-state index contributed by atoms with van der Waals surface area (Å²) in [6.07, 6.45) is 1.74. The molecule has 3 heteroatoms. The van der Waals surface area contributed by atoms with Gasteiger partial charge in [-0.3, -0.25) is 4.98 Å². The number of hydrogen-bond acceptors (Lipinski definition) is 3. The highest BCUT2D eigenvalue weighted by Crippen LogP contribution is 2.34. The van der Waals surface area contributed by atoms with Crippen LogP contribution in [0.15, 0.2) is 30.5 Å². The Morgan fingerprint density at radius 3 is 2.94 bits per heavy atom. The van der Waals surface area contributed by atoms with E-state index in [4.69, 9.17) is 0 Å². The molecule has 1 aliphatic rings. The zero-order chi connectivity index (χ0) is 11.1. The number of fused-ring (bicyclic) bond motifs is 3. The van der Waals surface area contributed by atoms with E-state index in [1.54, 1.807) is 6.20 Å². The van der Waals surface area contributed by atoms with Gasteiger partial charge in [0.1, 0.15) is 6.10 Å². The van der Waals surface area contributed by atoms with Crippen molar-refractivity contribution in [2.75, 3.05) is 0 Å². The van der Waals surface area contributed by atoms with Crippen molar-refractivity contribution in [2.24, 2.45) is 0 Å². The molecule has 0 unspecified atom stereocenters. The normalized spacial score (nSPS) is 24.4. The first-order valence-electron chi connectivity index (χ1n) is 5.50. The third-order valence-electron chi connectivity index (χ3n) is 3.29. The molecule has 2 atom stereocenters. The number of pyridine rings is 1. The summed E-state index contributed by atoms with van der Waals surface area (Å²) in [6.45, 7) is 0. The van der Waals surface area contributed by atoms with E-state index in [2.05, 4.69) is 4.98 Å². The molecular weight excluding hydrogens is 202 g/mol. The highest BCUT2D eigenvalue weighted by Gasteiger charge is 2.27. The van der Waals surface area contributed by atoms with Crippen molar-refractivity contribution in [3.8, 4) is 0 Å². The third kappa shape index (κ3) is 1.32. The Kier molecular flexibility index (Phi) is 2.16. The maximum Gasteiger partial charge on any atom is 0.106 e. The summed E-state index contributed by atoms with van der Waals surface area (Å²) < 4.78 is 0. The fraction of sp³-hybridized carbons (Fsp3) is 0.308. The fourth-order valence-electron chi connectivity index (χ4n) is 2.44. The molecule has 2 aromatic rings.